The van der Waals surface area contributed by atoms with E-state index >= 15 is 0 Å². The van der Waals surface area contributed by atoms with Crippen LogP contribution in [0.5, 0.6) is 11.5 Å². The zero-order chi connectivity index (χ0) is 14.8. The van der Waals surface area contributed by atoms with Crippen LogP contribution in [0, 0.1) is 0 Å². The van der Waals surface area contributed by atoms with Gasteiger partial charge in [-0.05, 0) is 24.1 Å². The summed E-state index contributed by atoms with van der Waals surface area (Å²) in [5.41, 5.74) is 2.75. The zero-order valence-electron chi connectivity index (χ0n) is 12.2. The lowest BCUT2D eigenvalue weighted by molar-refractivity contribution is 0.173. The molecule has 0 radical (unpaired) electrons. The zero-order valence-corrected chi connectivity index (χ0v) is 12.2. The van der Waals surface area contributed by atoms with Crippen molar-refractivity contribution >= 4 is 5.69 Å². The monoisotopic (exact) mass is 289 g/mol. The molecule has 2 aromatic rings. The van der Waals surface area contributed by atoms with Crippen molar-refractivity contribution < 1.29 is 14.6 Å². The third-order valence-electron chi connectivity index (χ3n) is 3.51. The molecule has 1 aliphatic heterocycles. The SMILES string of the molecule is CCc1nn(C)cc1NCC(O)c1ccc2c(c1)OCO2. The molecular weight excluding hydrogens is 270 g/mol. The number of nitrogens with zero attached hydrogens (tertiary/aromatic N) is 2. The topological polar surface area (TPSA) is 68.5 Å². The molecule has 6 nitrogen and oxygen atoms in total. The quantitative estimate of drug-likeness (QED) is 0.879. The molecule has 1 atom stereocenters. The maximum absolute atomic E-state index is 10.3. The van der Waals surface area contributed by atoms with E-state index in [0.29, 0.717) is 12.3 Å². The van der Waals surface area contributed by atoms with Crippen LogP contribution in [0.15, 0.2) is 24.4 Å². The minimum Gasteiger partial charge on any atom is -0.454 e. The Balaban J connectivity index is 1.67. The Kier molecular flexibility index (Phi) is 3.70. The number of aromatic nitrogens is 2. The Morgan fingerprint density at radius 3 is 3.00 bits per heavy atom. The first kappa shape index (κ1) is 13.8. The molecule has 6 heteroatoms. The van der Waals surface area contributed by atoms with Gasteiger partial charge in [-0.25, -0.2) is 0 Å². The molecule has 2 heterocycles. The van der Waals surface area contributed by atoms with Crippen LogP contribution in [0.4, 0.5) is 5.69 Å². The van der Waals surface area contributed by atoms with Crippen LogP contribution in [-0.4, -0.2) is 28.2 Å². The van der Waals surface area contributed by atoms with Crippen LogP contribution in [0.1, 0.15) is 24.3 Å². The number of aryl methyl sites for hydroxylation is 2. The Morgan fingerprint density at radius 2 is 2.19 bits per heavy atom. The van der Waals surface area contributed by atoms with Crippen LogP contribution in [0.3, 0.4) is 0 Å². The molecule has 112 valence electrons. The van der Waals surface area contributed by atoms with E-state index in [2.05, 4.69) is 17.3 Å². The number of nitrogens with one attached hydrogen (secondary N) is 1. The van der Waals surface area contributed by atoms with Crippen molar-refractivity contribution in [3.63, 3.8) is 0 Å². The molecular formula is C15H19N3O3. The second-order valence-electron chi connectivity index (χ2n) is 5.03. The summed E-state index contributed by atoms with van der Waals surface area (Å²) in [7, 11) is 1.89. The predicted octanol–water partition coefficient (Wildman–Crippen LogP) is 1.86. The van der Waals surface area contributed by atoms with Gasteiger partial charge in [0.1, 0.15) is 0 Å². The normalized spacial score (nSPS) is 14.2. The first-order chi connectivity index (χ1) is 10.2. The molecule has 1 aromatic carbocycles. The summed E-state index contributed by atoms with van der Waals surface area (Å²) in [6.07, 6.45) is 2.15. The van der Waals surface area contributed by atoms with Crippen molar-refractivity contribution in [2.75, 3.05) is 18.7 Å². The average Bonchev–Trinajstić information content (AvgIpc) is 3.09. The number of benzene rings is 1. The predicted molar refractivity (Wildman–Crippen MR) is 78.6 cm³/mol. The van der Waals surface area contributed by atoms with Crippen LogP contribution in [0.2, 0.25) is 0 Å². The van der Waals surface area contributed by atoms with Gasteiger partial charge in [0.05, 0.1) is 17.5 Å². The van der Waals surface area contributed by atoms with Gasteiger partial charge in [-0.1, -0.05) is 13.0 Å². The smallest absolute Gasteiger partial charge is 0.231 e. The van der Waals surface area contributed by atoms with Gasteiger partial charge in [-0.15, -0.1) is 0 Å². The Labute approximate surface area is 123 Å². The summed E-state index contributed by atoms with van der Waals surface area (Å²) in [6, 6.07) is 5.49. The number of rotatable bonds is 5. The summed E-state index contributed by atoms with van der Waals surface area (Å²) in [5, 5.41) is 17.9. The molecule has 0 spiro atoms. The molecule has 0 saturated carbocycles. The standard InChI is InChI=1S/C15H19N3O3/c1-3-11-12(8-18(2)17-11)16-7-13(19)10-4-5-14-15(6-10)21-9-20-14/h4-6,8,13,16,19H,3,7,9H2,1-2H3. The summed E-state index contributed by atoms with van der Waals surface area (Å²) in [5.74, 6) is 1.40. The van der Waals surface area contributed by atoms with E-state index in [1.54, 1.807) is 4.68 Å². The highest BCUT2D eigenvalue weighted by Gasteiger charge is 2.17. The Bertz CT molecular complexity index is 639. The van der Waals surface area contributed by atoms with Crippen molar-refractivity contribution in [1.82, 2.24) is 9.78 Å². The summed E-state index contributed by atoms with van der Waals surface area (Å²) >= 11 is 0. The van der Waals surface area contributed by atoms with Gasteiger partial charge in [0.15, 0.2) is 11.5 Å². The lowest BCUT2D eigenvalue weighted by Crippen LogP contribution is -2.12. The number of hydrogen-bond donors (Lipinski definition) is 2. The van der Waals surface area contributed by atoms with Crippen molar-refractivity contribution in [3.8, 4) is 11.5 Å². The summed E-state index contributed by atoms with van der Waals surface area (Å²) < 4.78 is 12.4. The second kappa shape index (κ2) is 5.65. The van der Waals surface area contributed by atoms with E-state index in [4.69, 9.17) is 9.47 Å². The molecule has 1 aromatic heterocycles. The fourth-order valence-electron chi connectivity index (χ4n) is 2.39. The van der Waals surface area contributed by atoms with Gasteiger partial charge >= 0.3 is 0 Å². The number of hydrogen-bond acceptors (Lipinski definition) is 5. The van der Waals surface area contributed by atoms with Crippen LogP contribution in [0.25, 0.3) is 0 Å². The fraction of sp³-hybridized carbons (Fsp3) is 0.400. The maximum atomic E-state index is 10.3. The molecule has 0 fully saturated rings. The Morgan fingerprint density at radius 1 is 1.38 bits per heavy atom. The fourth-order valence-corrected chi connectivity index (χ4v) is 2.39. The highest BCUT2D eigenvalue weighted by molar-refractivity contribution is 5.48. The van der Waals surface area contributed by atoms with E-state index in [1.165, 1.54) is 0 Å². The molecule has 0 saturated heterocycles. The van der Waals surface area contributed by atoms with Crippen LogP contribution >= 0.6 is 0 Å². The largest absolute Gasteiger partial charge is 0.454 e. The lowest BCUT2D eigenvalue weighted by Gasteiger charge is -2.13. The molecule has 1 aliphatic rings. The van der Waals surface area contributed by atoms with Crippen molar-refractivity contribution in [3.05, 3.63) is 35.7 Å². The van der Waals surface area contributed by atoms with E-state index < -0.39 is 6.10 Å². The average molecular weight is 289 g/mol. The molecule has 0 amide bonds. The van der Waals surface area contributed by atoms with E-state index in [9.17, 15) is 5.11 Å². The number of aliphatic hydroxyl groups is 1. The van der Waals surface area contributed by atoms with Gasteiger partial charge in [-0.3, -0.25) is 4.68 Å². The van der Waals surface area contributed by atoms with Gasteiger partial charge in [-0.2, -0.15) is 5.10 Å². The van der Waals surface area contributed by atoms with E-state index in [-0.39, 0.29) is 6.79 Å². The van der Waals surface area contributed by atoms with Crippen molar-refractivity contribution in [2.45, 2.75) is 19.4 Å². The first-order valence-corrected chi connectivity index (χ1v) is 7.01. The minimum absolute atomic E-state index is 0.239. The number of fused-ring (bicyclic) bond motifs is 1. The lowest BCUT2D eigenvalue weighted by atomic mass is 10.1. The highest BCUT2D eigenvalue weighted by atomic mass is 16.7. The molecule has 0 bridgehead atoms. The third kappa shape index (κ3) is 2.80. The van der Waals surface area contributed by atoms with Crippen molar-refractivity contribution in [2.24, 2.45) is 7.05 Å². The van der Waals surface area contributed by atoms with E-state index in [0.717, 1.165) is 29.1 Å². The van der Waals surface area contributed by atoms with Crippen LogP contribution in [-0.2, 0) is 13.5 Å². The summed E-state index contributed by atoms with van der Waals surface area (Å²) in [6.45, 7) is 2.71. The first-order valence-electron chi connectivity index (χ1n) is 7.01. The molecule has 1 unspecified atom stereocenters. The van der Waals surface area contributed by atoms with Crippen LogP contribution < -0.4 is 14.8 Å². The van der Waals surface area contributed by atoms with Crippen molar-refractivity contribution in [1.29, 1.82) is 0 Å². The maximum Gasteiger partial charge on any atom is 0.231 e. The van der Waals surface area contributed by atoms with Gasteiger partial charge in [0, 0.05) is 19.8 Å². The number of aliphatic hydroxyl groups excluding tert-OH is 1. The number of anilines is 1. The Hall–Kier alpha value is -2.21. The molecule has 0 aliphatic carbocycles. The summed E-state index contributed by atoms with van der Waals surface area (Å²) in [4.78, 5) is 0. The van der Waals surface area contributed by atoms with E-state index in [1.807, 2.05) is 31.4 Å². The molecule has 3 rings (SSSR count). The molecule has 21 heavy (non-hydrogen) atoms. The third-order valence-corrected chi connectivity index (χ3v) is 3.51. The van der Waals surface area contributed by atoms with Gasteiger partial charge < -0.3 is 19.9 Å². The van der Waals surface area contributed by atoms with Gasteiger partial charge in [0.2, 0.25) is 6.79 Å². The second-order valence-corrected chi connectivity index (χ2v) is 5.03. The van der Waals surface area contributed by atoms with Gasteiger partial charge in [0.25, 0.3) is 0 Å². The highest BCUT2D eigenvalue weighted by Crippen LogP contribution is 2.34. The molecule has 2 N–H and O–H groups in total. The minimum atomic E-state index is -0.621. The number of ether oxygens (including phenoxy) is 2.